The van der Waals surface area contributed by atoms with E-state index in [1.807, 2.05) is 19.9 Å². The highest BCUT2D eigenvalue weighted by atomic mass is 35.5. The molecule has 1 aromatic heterocycles. The summed E-state index contributed by atoms with van der Waals surface area (Å²) >= 11 is 12.1. The average molecular weight is 437 g/mol. The molecule has 3 amide bonds. The zero-order valence-corrected chi connectivity index (χ0v) is 17.8. The molecular formula is C20H22Cl2N4O3. The minimum absolute atomic E-state index is 0.135. The number of rotatable bonds is 7. The monoisotopic (exact) mass is 436 g/mol. The van der Waals surface area contributed by atoms with Crippen LogP contribution in [0.2, 0.25) is 10.0 Å². The van der Waals surface area contributed by atoms with E-state index in [0.717, 1.165) is 22.6 Å². The minimum atomic E-state index is -0.137. The number of hydrogen-bond donors (Lipinski definition) is 1. The summed E-state index contributed by atoms with van der Waals surface area (Å²) in [4.78, 5) is 36.8. The number of halogens is 2. The number of benzene rings is 1. The molecular weight excluding hydrogens is 415 g/mol. The maximum Gasteiger partial charge on any atom is 0.229 e. The van der Waals surface area contributed by atoms with Crippen molar-refractivity contribution in [2.75, 3.05) is 13.1 Å². The second-order valence-corrected chi connectivity index (χ2v) is 7.79. The predicted molar refractivity (Wildman–Crippen MR) is 110 cm³/mol. The topological polar surface area (TPSA) is 84.3 Å². The summed E-state index contributed by atoms with van der Waals surface area (Å²) in [6.07, 6.45) is 1.30. The molecule has 0 unspecified atom stereocenters. The van der Waals surface area contributed by atoms with E-state index in [1.54, 1.807) is 16.8 Å². The largest absolute Gasteiger partial charge is 0.356 e. The van der Waals surface area contributed by atoms with E-state index in [-0.39, 0.29) is 37.0 Å². The Bertz CT molecular complexity index is 955. The summed E-state index contributed by atoms with van der Waals surface area (Å²) in [7, 11) is 0. The fourth-order valence-electron chi connectivity index (χ4n) is 3.36. The van der Waals surface area contributed by atoms with Crippen molar-refractivity contribution in [2.24, 2.45) is 0 Å². The van der Waals surface area contributed by atoms with Gasteiger partial charge in [0.25, 0.3) is 0 Å². The van der Waals surface area contributed by atoms with Crippen LogP contribution in [-0.2, 0) is 20.8 Å². The van der Waals surface area contributed by atoms with Crippen LogP contribution < -0.4 is 5.32 Å². The number of nitrogens with one attached hydrogen (secondary N) is 1. The molecule has 0 saturated carbocycles. The Hall–Kier alpha value is -2.38. The van der Waals surface area contributed by atoms with Crippen LogP contribution in [0.4, 0.5) is 0 Å². The maximum absolute atomic E-state index is 12.4. The number of imide groups is 1. The number of nitrogens with zero attached hydrogens (tertiary/aromatic N) is 3. The minimum Gasteiger partial charge on any atom is -0.356 e. The van der Waals surface area contributed by atoms with Gasteiger partial charge in [-0.2, -0.15) is 5.10 Å². The van der Waals surface area contributed by atoms with Gasteiger partial charge in [0, 0.05) is 37.2 Å². The van der Waals surface area contributed by atoms with Crippen molar-refractivity contribution < 1.29 is 14.4 Å². The Kier molecular flexibility index (Phi) is 6.59. The number of aromatic nitrogens is 2. The van der Waals surface area contributed by atoms with Gasteiger partial charge in [-0.15, -0.1) is 0 Å². The number of aryl methyl sites for hydroxylation is 1. The lowest BCUT2D eigenvalue weighted by Gasteiger charge is -2.13. The first kappa shape index (κ1) is 21.3. The van der Waals surface area contributed by atoms with E-state index < -0.39 is 0 Å². The number of amides is 3. The van der Waals surface area contributed by atoms with E-state index >= 15 is 0 Å². The van der Waals surface area contributed by atoms with Crippen LogP contribution in [0.15, 0.2) is 18.2 Å². The zero-order chi connectivity index (χ0) is 21.1. The zero-order valence-electron chi connectivity index (χ0n) is 16.3. The number of carbonyl (C=O) groups excluding carboxylic acids is 3. The number of likely N-dealkylation sites (tertiary alicyclic amines) is 1. The van der Waals surface area contributed by atoms with Gasteiger partial charge in [0.15, 0.2) is 0 Å². The highest BCUT2D eigenvalue weighted by Gasteiger charge is 2.28. The molecule has 2 heterocycles. The van der Waals surface area contributed by atoms with Crippen LogP contribution in [0.3, 0.4) is 0 Å². The summed E-state index contributed by atoms with van der Waals surface area (Å²) in [6.45, 7) is 4.49. The molecule has 0 bridgehead atoms. The summed E-state index contributed by atoms with van der Waals surface area (Å²) in [6, 6.07) is 5.25. The lowest BCUT2D eigenvalue weighted by atomic mass is 10.1. The van der Waals surface area contributed by atoms with E-state index in [9.17, 15) is 14.4 Å². The van der Waals surface area contributed by atoms with E-state index in [2.05, 4.69) is 10.4 Å². The van der Waals surface area contributed by atoms with Crippen LogP contribution in [0.5, 0.6) is 0 Å². The van der Waals surface area contributed by atoms with Crippen LogP contribution in [0.25, 0.3) is 5.69 Å². The predicted octanol–water partition coefficient (Wildman–Crippen LogP) is 2.99. The molecule has 9 heteroatoms. The van der Waals surface area contributed by atoms with Gasteiger partial charge in [-0.1, -0.05) is 23.2 Å². The molecule has 1 N–H and O–H groups in total. The summed E-state index contributed by atoms with van der Waals surface area (Å²) < 4.78 is 1.74. The average Bonchev–Trinajstić information content (AvgIpc) is 3.14. The molecule has 7 nitrogen and oxygen atoms in total. The Morgan fingerprint density at radius 3 is 2.48 bits per heavy atom. The fourth-order valence-corrected chi connectivity index (χ4v) is 3.65. The van der Waals surface area contributed by atoms with E-state index in [1.165, 1.54) is 4.90 Å². The van der Waals surface area contributed by atoms with Crippen molar-refractivity contribution in [3.63, 3.8) is 0 Å². The van der Waals surface area contributed by atoms with Gasteiger partial charge in [0.2, 0.25) is 17.7 Å². The third-order valence-electron chi connectivity index (χ3n) is 4.96. The second kappa shape index (κ2) is 8.97. The fraction of sp³-hybridized carbons (Fsp3) is 0.400. The molecule has 0 spiro atoms. The number of carbonyl (C=O) groups is 3. The molecule has 154 valence electrons. The van der Waals surface area contributed by atoms with Crippen molar-refractivity contribution in [1.29, 1.82) is 0 Å². The van der Waals surface area contributed by atoms with Gasteiger partial charge in [0.05, 0.1) is 27.8 Å². The van der Waals surface area contributed by atoms with Crippen molar-refractivity contribution in [3.05, 3.63) is 45.2 Å². The summed E-state index contributed by atoms with van der Waals surface area (Å²) in [5, 5.41) is 8.27. The van der Waals surface area contributed by atoms with Crippen molar-refractivity contribution in [2.45, 2.75) is 39.5 Å². The number of hydrogen-bond acceptors (Lipinski definition) is 4. The highest BCUT2D eigenvalue weighted by molar-refractivity contribution is 6.42. The van der Waals surface area contributed by atoms with Gasteiger partial charge < -0.3 is 5.32 Å². The Morgan fingerprint density at radius 2 is 1.83 bits per heavy atom. The molecule has 1 aromatic carbocycles. The van der Waals surface area contributed by atoms with Crippen LogP contribution in [0, 0.1) is 13.8 Å². The second-order valence-electron chi connectivity index (χ2n) is 6.98. The first-order valence-corrected chi connectivity index (χ1v) is 10.1. The standard InChI is InChI=1S/C20H22Cl2N4O3/c1-12-15(13(2)26(24-12)14-4-5-16(21)17(22)10-14)11-18(27)23-8-3-9-25-19(28)6-7-20(25)29/h4-5,10H,3,6-9,11H2,1-2H3,(H,23,27). The van der Waals surface area contributed by atoms with Gasteiger partial charge in [-0.05, 0) is 38.5 Å². The van der Waals surface area contributed by atoms with Gasteiger partial charge in [-0.3, -0.25) is 19.3 Å². The maximum atomic E-state index is 12.4. The van der Waals surface area contributed by atoms with Crippen molar-refractivity contribution >= 4 is 40.9 Å². The molecule has 1 fully saturated rings. The Balaban J connectivity index is 1.58. The van der Waals surface area contributed by atoms with Crippen LogP contribution >= 0.6 is 23.2 Å². The molecule has 29 heavy (non-hydrogen) atoms. The first-order valence-electron chi connectivity index (χ1n) is 9.38. The SMILES string of the molecule is Cc1nn(-c2ccc(Cl)c(Cl)c2)c(C)c1CC(=O)NCCCN1C(=O)CCC1=O. The molecule has 2 aromatic rings. The van der Waals surface area contributed by atoms with Crippen molar-refractivity contribution in [1.82, 2.24) is 20.0 Å². The molecule has 1 saturated heterocycles. The Labute approximate surface area is 179 Å². The normalized spacial score (nSPS) is 14.0. The van der Waals surface area contributed by atoms with Gasteiger partial charge in [0.1, 0.15) is 0 Å². The highest BCUT2D eigenvalue weighted by Crippen LogP contribution is 2.26. The smallest absolute Gasteiger partial charge is 0.229 e. The quantitative estimate of drug-likeness (QED) is 0.533. The third-order valence-corrected chi connectivity index (χ3v) is 5.70. The van der Waals surface area contributed by atoms with Gasteiger partial charge >= 0.3 is 0 Å². The van der Waals surface area contributed by atoms with Gasteiger partial charge in [-0.25, -0.2) is 4.68 Å². The first-order chi connectivity index (χ1) is 13.8. The van der Waals surface area contributed by atoms with Crippen LogP contribution in [-0.4, -0.2) is 45.5 Å². The summed E-state index contributed by atoms with van der Waals surface area (Å²) in [5.74, 6) is -0.409. The van der Waals surface area contributed by atoms with E-state index in [4.69, 9.17) is 23.2 Å². The lowest BCUT2D eigenvalue weighted by molar-refractivity contribution is -0.138. The molecule has 3 rings (SSSR count). The van der Waals surface area contributed by atoms with Crippen LogP contribution in [0.1, 0.15) is 36.2 Å². The molecule has 1 aliphatic rings. The molecule has 1 aliphatic heterocycles. The third kappa shape index (κ3) is 4.79. The summed E-state index contributed by atoms with van der Waals surface area (Å²) in [5.41, 5.74) is 3.23. The molecule has 0 atom stereocenters. The molecule has 0 radical (unpaired) electrons. The Morgan fingerprint density at radius 1 is 1.14 bits per heavy atom. The van der Waals surface area contributed by atoms with Crippen molar-refractivity contribution in [3.8, 4) is 5.69 Å². The molecule has 0 aliphatic carbocycles. The van der Waals surface area contributed by atoms with E-state index in [0.29, 0.717) is 29.6 Å². The lowest BCUT2D eigenvalue weighted by Crippen LogP contribution is -2.33.